The number of hydrogen-bond donors (Lipinski definition) is 1. The highest BCUT2D eigenvalue weighted by Gasteiger charge is 2.03. The van der Waals surface area contributed by atoms with Crippen molar-refractivity contribution in [3.63, 3.8) is 0 Å². The zero-order valence-corrected chi connectivity index (χ0v) is 12.3. The van der Waals surface area contributed by atoms with Crippen LogP contribution < -0.4 is 10.1 Å². The molecule has 0 fully saturated rings. The van der Waals surface area contributed by atoms with Crippen molar-refractivity contribution < 1.29 is 9.47 Å². The van der Waals surface area contributed by atoms with Crippen LogP contribution in [0.3, 0.4) is 0 Å². The summed E-state index contributed by atoms with van der Waals surface area (Å²) >= 11 is 9.37. The molecule has 0 radical (unpaired) electrons. The van der Waals surface area contributed by atoms with Crippen molar-refractivity contribution >= 4 is 27.5 Å². The Kier molecular flexibility index (Phi) is 6.89. The minimum Gasteiger partial charge on any atom is -0.491 e. The van der Waals surface area contributed by atoms with Crippen LogP contribution in [-0.2, 0) is 4.74 Å². The highest BCUT2D eigenvalue weighted by Crippen LogP contribution is 2.27. The molecule has 0 aliphatic heterocycles. The van der Waals surface area contributed by atoms with E-state index >= 15 is 0 Å². The molecule has 1 aromatic carbocycles. The molecule has 0 aliphatic carbocycles. The molecular weight excluding hydrogens is 305 g/mol. The van der Waals surface area contributed by atoms with Crippen LogP contribution in [0, 0.1) is 0 Å². The Labute approximate surface area is 116 Å². The molecule has 1 aromatic rings. The number of ether oxygens (including phenoxy) is 2. The number of methoxy groups -OCH3 is 1. The maximum absolute atomic E-state index is 6.03. The van der Waals surface area contributed by atoms with Crippen molar-refractivity contribution in [2.24, 2.45) is 0 Å². The zero-order valence-electron chi connectivity index (χ0n) is 10.0. The van der Waals surface area contributed by atoms with Gasteiger partial charge in [-0.05, 0) is 25.1 Å². The summed E-state index contributed by atoms with van der Waals surface area (Å²) in [6, 6.07) is 5.90. The van der Waals surface area contributed by atoms with Crippen LogP contribution in [0.4, 0.5) is 0 Å². The van der Waals surface area contributed by atoms with Crippen LogP contribution in [0.5, 0.6) is 5.75 Å². The fraction of sp³-hybridized carbons (Fsp3) is 0.500. The van der Waals surface area contributed by atoms with Crippen molar-refractivity contribution in [2.45, 2.75) is 13.0 Å². The first kappa shape index (κ1) is 14.8. The minimum atomic E-state index is 0.323. The Morgan fingerprint density at radius 3 is 2.88 bits per heavy atom. The number of halogens is 2. The SMILES string of the molecule is COCC(C)NCCOc1ccc(Br)cc1Cl. The fourth-order valence-electron chi connectivity index (χ4n) is 1.37. The van der Waals surface area contributed by atoms with Gasteiger partial charge in [-0.1, -0.05) is 27.5 Å². The van der Waals surface area contributed by atoms with Gasteiger partial charge in [0.05, 0.1) is 11.6 Å². The monoisotopic (exact) mass is 321 g/mol. The summed E-state index contributed by atoms with van der Waals surface area (Å²) in [4.78, 5) is 0. The molecule has 0 aromatic heterocycles. The number of hydrogen-bond acceptors (Lipinski definition) is 3. The Balaban J connectivity index is 2.26. The van der Waals surface area contributed by atoms with Gasteiger partial charge < -0.3 is 14.8 Å². The second-order valence-corrected chi connectivity index (χ2v) is 5.06. The first-order valence-corrected chi connectivity index (χ1v) is 6.60. The van der Waals surface area contributed by atoms with Crippen LogP contribution in [0.1, 0.15) is 6.92 Å². The molecule has 1 unspecified atom stereocenters. The number of rotatable bonds is 7. The maximum Gasteiger partial charge on any atom is 0.138 e. The molecule has 0 spiro atoms. The summed E-state index contributed by atoms with van der Waals surface area (Å²) in [6.45, 7) is 4.10. The molecule has 0 saturated carbocycles. The second kappa shape index (κ2) is 7.93. The first-order chi connectivity index (χ1) is 8.13. The van der Waals surface area contributed by atoms with Crippen molar-refractivity contribution in [3.8, 4) is 5.75 Å². The summed E-state index contributed by atoms with van der Waals surface area (Å²) in [6.07, 6.45) is 0. The second-order valence-electron chi connectivity index (χ2n) is 3.73. The van der Waals surface area contributed by atoms with E-state index in [2.05, 4.69) is 28.2 Å². The van der Waals surface area contributed by atoms with Crippen molar-refractivity contribution in [1.82, 2.24) is 5.32 Å². The number of nitrogens with one attached hydrogen (secondary N) is 1. The lowest BCUT2D eigenvalue weighted by atomic mass is 10.3. The van der Waals surface area contributed by atoms with Gasteiger partial charge in [-0.25, -0.2) is 0 Å². The Morgan fingerprint density at radius 1 is 1.47 bits per heavy atom. The third-order valence-corrected chi connectivity index (χ3v) is 2.95. The summed E-state index contributed by atoms with van der Waals surface area (Å²) in [5, 5.41) is 3.90. The van der Waals surface area contributed by atoms with E-state index in [0.717, 1.165) is 11.0 Å². The molecule has 0 aliphatic rings. The molecule has 1 N–H and O–H groups in total. The summed E-state index contributed by atoms with van der Waals surface area (Å²) in [5.41, 5.74) is 0. The summed E-state index contributed by atoms with van der Waals surface area (Å²) < 4.78 is 11.5. The largest absolute Gasteiger partial charge is 0.491 e. The lowest BCUT2D eigenvalue weighted by molar-refractivity contribution is 0.169. The fourth-order valence-corrected chi connectivity index (χ4v) is 2.10. The van der Waals surface area contributed by atoms with Gasteiger partial charge in [-0.15, -0.1) is 0 Å². The highest BCUT2D eigenvalue weighted by atomic mass is 79.9. The van der Waals surface area contributed by atoms with Crippen LogP contribution in [0.15, 0.2) is 22.7 Å². The average Bonchev–Trinajstić information content (AvgIpc) is 2.27. The van der Waals surface area contributed by atoms with Crippen molar-refractivity contribution in [1.29, 1.82) is 0 Å². The molecule has 0 heterocycles. The van der Waals surface area contributed by atoms with Crippen molar-refractivity contribution in [3.05, 3.63) is 27.7 Å². The molecule has 1 rings (SSSR count). The average molecular weight is 323 g/mol. The van der Waals surface area contributed by atoms with Gasteiger partial charge in [0.25, 0.3) is 0 Å². The molecule has 5 heteroatoms. The van der Waals surface area contributed by atoms with E-state index in [1.54, 1.807) is 7.11 Å². The van der Waals surface area contributed by atoms with E-state index < -0.39 is 0 Å². The van der Waals surface area contributed by atoms with Gasteiger partial charge in [-0.3, -0.25) is 0 Å². The van der Waals surface area contributed by atoms with E-state index in [0.29, 0.717) is 30.0 Å². The normalized spacial score (nSPS) is 12.5. The third-order valence-electron chi connectivity index (χ3n) is 2.16. The molecule has 1 atom stereocenters. The van der Waals surface area contributed by atoms with Crippen LogP contribution in [0.2, 0.25) is 5.02 Å². The Bertz CT molecular complexity index is 349. The summed E-state index contributed by atoms with van der Waals surface area (Å²) in [7, 11) is 1.69. The Hall–Kier alpha value is -0.290. The van der Waals surface area contributed by atoms with Gasteiger partial charge >= 0.3 is 0 Å². The number of benzene rings is 1. The maximum atomic E-state index is 6.03. The predicted molar refractivity (Wildman–Crippen MR) is 74.0 cm³/mol. The van der Waals surface area contributed by atoms with Gasteiger partial charge in [0.1, 0.15) is 12.4 Å². The van der Waals surface area contributed by atoms with Gasteiger partial charge in [-0.2, -0.15) is 0 Å². The topological polar surface area (TPSA) is 30.5 Å². The highest BCUT2D eigenvalue weighted by molar-refractivity contribution is 9.10. The smallest absolute Gasteiger partial charge is 0.138 e. The lowest BCUT2D eigenvalue weighted by Crippen LogP contribution is -2.33. The van der Waals surface area contributed by atoms with Gasteiger partial charge in [0.15, 0.2) is 0 Å². The van der Waals surface area contributed by atoms with Crippen LogP contribution >= 0.6 is 27.5 Å². The zero-order chi connectivity index (χ0) is 12.7. The lowest BCUT2D eigenvalue weighted by Gasteiger charge is -2.13. The molecule has 0 bridgehead atoms. The van der Waals surface area contributed by atoms with Crippen molar-refractivity contribution in [2.75, 3.05) is 26.9 Å². The molecule has 0 amide bonds. The van der Waals surface area contributed by atoms with Gasteiger partial charge in [0.2, 0.25) is 0 Å². The Morgan fingerprint density at radius 2 is 2.24 bits per heavy atom. The van der Waals surface area contributed by atoms with Crippen LogP contribution in [0.25, 0.3) is 0 Å². The molecular formula is C12H17BrClNO2. The third kappa shape index (κ3) is 5.73. The molecule has 17 heavy (non-hydrogen) atoms. The summed E-state index contributed by atoms with van der Waals surface area (Å²) in [5.74, 6) is 0.705. The van der Waals surface area contributed by atoms with Crippen LogP contribution in [-0.4, -0.2) is 32.9 Å². The van der Waals surface area contributed by atoms with E-state index in [1.807, 2.05) is 18.2 Å². The van der Waals surface area contributed by atoms with Gasteiger partial charge in [0, 0.05) is 24.2 Å². The molecule has 3 nitrogen and oxygen atoms in total. The quantitative estimate of drug-likeness (QED) is 0.783. The first-order valence-electron chi connectivity index (χ1n) is 5.43. The van der Waals surface area contributed by atoms with E-state index in [1.165, 1.54) is 0 Å². The standard InChI is InChI=1S/C12H17BrClNO2/c1-9(8-16-2)15-5-6-17-12-4-3-10(13)7-11(12)14/h3-4,7,9,15H,5-6,8H2,1-2H3. The predicted octanol–water partition coefficient (Wildman–Crippen LogP) is 3.11. The minimum absolute atomic E-state index is 0.323. The van der Waals surface area contributed by atoms with E-state index in [4.69, 9.17) is 21.1 Å². The van der Waals surface area contributed by atoms with E-state index in [9.17, 15) is 0 Å². The van der Waals surface area contributed by atoms with E-state index in [-0.39, 0.29) is 0 Å². The molecule has 0 saturated heterocycles. The molecule has 96 valence electrons.